The lowest BCUT2D eigenvalue weighted by Crippen LogP contribution is -2.15. The normalized spacial score (nSPS) is 10.6. The van der Waals surface area contributed by atoms with Gasteiger partial charge in [0.05, 0.1) is 12.3 Å². The summed E-state index contributed by atoms with van der Waals surface area (Å²) in [6, 6.07) is 14.4. The van der Waals surface area contributed by atoms with Crippen molar-refractivity contribution in [2.45, 2.75) is 6.92 Å². The number of aromatic nitrogens is 1. The molecule has 0 fully saturated rings. The van der Waals surface area contributed by atoms with E-state index in [2.05, 4.69) is 26.2 Å². The van der Waals surface area contributed by atoms with Crippen molar-refractivity contribution in [2.24, 2.45) is 0 Å². The third kappa shape index (κ3) is 3.19. The maximum Gasteiger partial charge on any atom is 0.356 e. The fourth-order valence-electron chi connectivity index (χ4n) is 2.43. The number of carbonyl (C=O) groups is 2. The van der Waals surface area contributed by atoms with Crippen molar-refractivity contribution in [3.63, 3.8) is 0 Å². The quantitative estimate of drug-likeness (QED) is 0.654. The number of ether oxygens (including phenoxy) is 1. The van der Waals surface area contributed by atoms with Crippen LogP contribution in [0.15, 0.2) is 53.0 Å². The molecule has 24 heavy (non-hydrogen) atoms. The van der Waals surface area contributed by atoms with Gasteiger partial charge in [0.15, 0.2) is 0 Å². The van der Waals surface area contributed by atoms with Crippen molar-refractivity contribution in [1.29, 1.82) is 0 Å². The first kappa shape index (κ1) is 16.3. The Morgan fingerprint density at radius 3 is 2.62 bits per heavy atom. The zero-order valence-corrected chi connectivity index (χ0v) is 14.5. The second-order valence-corrected chi connectivity index (χ2v) is 6.02. The summed E-state index contributed by atoms with van der Waals surface area (Å²) in [7, 11) is 0. The molecule has 122 valence electrons. The van der Waals surface area contributed by atoms with Crippen molar-refractivity contribution >= 4 is 44.4 Å². The molecule has 2 N–H and O–H groups in total. The number of aromatic amines is 1. The number of halogens is 1. The maximum atomic E-state index is 12.5. The predicted molar refractivity (Wildman–Crippen MR) is 96.4 cm³/mol. The minimum Gasteiger partial charge on any atom is -0.461 e. The Hall–Kier alpha value is -2.60. The summed E-state index contributed by atoms with van der Waals surface area (Å²) in [5.41, 5.74) is 1.90. The molecule has 0 aliphatic heterocycles. The smallest absolute Gasteiger partial charge is 0.356 e. The van der Waals surface area contributed by atoms with Crippen molar-refractivity contribution in [3.8, 4) is 0 Å². The second kappa shape index (κ2) is 6.88. The number of rotatable bonds is 4. The number of anilines is 1. The summed E-state index contributed by atoms with van der Waals surface area (Å²) in [4.78, 5) is 27.7. The number of nitrogens with one attached hydrogen (secondary N) is 2. The third-order valence-corrected chi connectivity index (χ3v) is 4.01. The molecule has 0 aliphatic carbocycles. The van der Waals surface area contributed by atoms with Crippen LogP contribution in [0.5, 0.6) is 0 Å². The number of H-pyrrole nitrogens is 1. The highest BCUT2D eigenvalue weighted by molar-refractivity contribution is 9.10. The van der Waals surface area contributed by atoms with Gasteiger partial charge in [0.1, 0.15) is 5.69 Å². The summed E-state index contributed by atoms with van der Waals surface area (Å²) in [6.07, 6.45) is 0. The molecule has 1 amide bonds. The lowest BCUT2D eigenvalue weighted by Gasteiger charge is -2.07. The molecule has 0 radical (unpaired) electrons. The van der Waals surface area contributed by atoms with Gasteiger partial charge in [0, 0.05) is 20.9 Å². The highest BCUT2D eigenvalue weighted by Crippen LogP contribution is 2.31. The van der Waals surface area contributed by atoms with Crippen LogP contribution in [-0.2, 0) is 4.74 Å². The number of benzene rings is 2. The molecule has 6 heteroatoms. The number of hydrogen-bond acceptors (Lipinski definition) is 3. The van der Waals surface area contributed by atoms with Crippen molar-refractivity contribution in [2.75, 3.05) is 11.9 Å². The Kier molecular flexibility index (Phi) is 4.66. The van der Waals surface area contributed by atoms with E-state index >= 15 is 0 Å². The molecule has 3 aromatic rings. The van der Waals surface area contributed by atoms with Crippen molar-refractivity contribution in [1.82, 2.24) is 4.98 Å². The van der Waals surface area contributed by atoms with Crippen LogP contribution < -0.4 is 5.32 Å². The number of esters is 1. The topological polar surface area (TPSA) is 71.2 Å². The van der Waals surface area contributed by atoms with Gasteiger partial charge in [0.2, 0.25) is 0 Å². The average Bonchev–Trinajstić information content (AvgIpc) is 2.94. The van der Waals surface area contributed by atoms with Crippen molar-refractivity contribution in [3.05, 3.63) is 64.3 Å². The fourth-order valence-corrected chi connectivity index (χ4v) is 2.79. The van der Waals surface area contributed by atoms with E-state index in [0.29, 0.717) is 11.3 Å². The van der Waals surface area contributed by atoms with Crippen LogP contribution in [0.1, 0.15) is 27.8 Å². The van der Waals surface area contributed by atoms with Gasteiger partial charge in [0.25, 0.3) is 5.91 Å². The van der Waals surface area contributed by atoms with Gasteiger partial charge in [-0.1, -0.05) is 34.1 Å². The van der Waals surface area contributed by atoms with Crippen LogP contribution in [0, 0.1) is 0 Å². The summed E-state index contributed by atoms with van der Waals surface area (Å²) < 4.78 is 5.93. The number of carbonyl (C=O) groups excluding carboxylic acids is 2. The van der Waals surface area contributed by atoms with E-state index in [1.165, 1.54) is 0 Å². The van der Waals surface area contributed by atoms with Crippen LogP contribution in [0.2, 0.25) is 0 Å². The van der Waals surface area contributed by atoms with E-state index < -0.39 is 5.97 Å². The highest BCUT2D eigenvalue weighted by atomic mass is 79.9. The standard InChI is InChI=1S/C18H15BrN2O3/c1-2-24-18(23)16-15(13-10-12(19)8-9-14(13)20-16)21-17(22)11-6-4-3-5-7-11/h3-10,20H,2H2,1H3,(H,21,22). The molecule has 2 aromatic carbocycles. The molecule has 0 spiro atoms. The van der Waals surface area contributed by atoms with E-state index in [1.54, 1.807) is 31.2 Å². The van der Waals surface area contributed by atoms with Gasteiger partial charge < -0.3 is 15.0 Å². The lowest BCUT2D eigenvalue weighted by molar-refractivity contribution is 0.0522. The molecule has 3 rings (SSSR count). The van der Waals surface area contributed by atoms with Crippen LogP contribution in [-0.4, -0.2) is 23.5 Å². The van der Waals surface area contributed by atoms with E-state index in [4.69, 9.17) is 4.74 Å². The van der Waals surface area contributed by atoms with Gasteiger partial charge in [-0.15, -0.1) is 0 Å². The van der Waals surface area contributed by atoms with E-state index in [0.717, 1.165) is 15.4 Å². The van der Waals surface area contributed by atoms with E-state index in [9.17, 15) is 9.59 Å². The Morgan fingerprint density at radius 2 is 1.92 bits per heavy atom. The van der Waals surface area contributed by atoms with Crippen LogP contribution in [0.3, 0.4) is 0 Å². The molecular formula is C18H15BrN2O3. The Morgan fingerprint density at radius 1 is 1.17 bits per heavy atom. The summed E-state index contributed by atoms with van der Waals surface area (Å²) in [6.45, 7) is 1.99. The third-order valence-electron chi connectivity index (χ3n) is 3.51. The molecule has 1 aromatic heterocycles. The maximum absolute atomic E-state index is 12.5. The molecule has 0 aliphatic rings. The van der Waals surface area contributed by atoms with Gasteiger partial charge in [-0.2, -0.15) is 0 Å². The molecular weight excluding hydrogens is 372 g/mol. The zero-order valence-electron chi connectivity index (χ0n) is 12.9. The lowest BCUT2D eigenvalue weighted by atomic mass is 10.2. The minimum atomic E-state index is -0.506. The Bertz CT molecular complexity index is 903. The summed E-state index contributed by atoms with van der Waals surface area (Å²) >= 11 is 3.41. The van der Waals surface area contributed by atoms with Crippen molar-refractivity contribution < 1.29 is 14.3 Å². The molecule has 1 heterocycles. The number of amides is 1. The first-order valence-corrected chi connectivity index (χ1v) is 8.24. The zero-order chi connectivity index (χ0) is 17.1. The molecule has 0 saturated heterocycles. The van der Waals surface area contributed by atoms with Gasteiger partial charge >= 0.3 is 5.97 Å². The fraction of sp³-hybridized carbons (Fsp3) is 0.111. The average molecular weight is 387 g/mol. The first-order valence-electron chi connectivity index (χ1n) is 7.45. The predicted octanol–water partition coefficient (Wildman–Crippen LogP) is 4.36. The molecule has 0 bridgehead atoms. The molecule has 0 saturated carbocycles. The van der Waals surface area contributed by atoms with Gasteiger partial charge in [-0.25, -0.2) is 4.79 Å². The van der Waals surface area contributed by atoms with Gasteiger partial charge in [-0.05, 0) is 37.3 Å². The van der Waals surface area contributed by atoms with E-state index in [1.807, 2.05) is 24.3 Å². The van der Waals surface area contributed by atoms with Crippen LogP contribution in [0.25, 0.3) is 10.9 Å². The van der Waals surface area contributed by atoms with E-state index in [-0.39, 0.29) is 18.2 Å². The van der Waals surface area contributed by atoms with Crippen LogP contribution >= 0.6 is 15.9 Å². The SMILES string of the molecule is CCOC(=O)c1[nH]c2ccc(Br)cc2c1NC(=O)c1ccccc1. The minimum absolute atomic E-state index is 0.231. The number of fused-ring (bicyclic) bond motifs is 1. The second-order valence-electron chi connectivity index (χ2n) is 5.11. The largest absolute Gasteiger partial charge is 0.461 e. The highest BCUT2D eigenvalue weighted by Gasteiger charge is 2.21. The molecule has 0 atom stereocenters. The van der Waals surface area contributed by atoms with Crippen LogP contribution in [0.4, 0.5) is 5.69 Å². The summed E-state index contributed by atoms with van der Waals surface area (Å²) in [5.74, 6) is -0.796. The number of hydrogen-bond donors (Lipinski definition) is 2. The molecule has 0 unspecified atom stereocenters. The Balaban J connectivity index is 2.06. The molecule has 5 nitrogen and oxygen atoms in total. The monoisotopic (exact) mass is 386 g/mol. The summed E-state index contributed by atoms with van der Waals surface area (Å²) in [5, 5.41) is 3.56. The van der Waals surface area contributed by atoms with Gasteiger partial charge in [-0.3, -0.25) is 4.79 Å². The first-order chi connectivity index (χ1) is 11.6. The Labute approximate surface area is 147 Å².